The smallest absolute Gasteiger partial charge is 0.194 e. The maximum absolute atomic E-state index is 11.9. The summed E-state index contributed by atoms with van der Waals surface area (Å²) in [5.74, 6) is 0.787. The lowest BCUT2D eigenvalue weighted by atomic mass is 9.89. The molecule has 1 aliphatic heterocycles. The number of hydrogen-bond acceptors (Lipinski definition) is 4. The molecule has 0 saturated heterocycles. The molecule has 0 aromatic heterocycles. The Labute approximate surface area is 154 Å². The summed E-state index contributed by atoms with van der Waals surface area (Å²) >= 11 is 6.25. The predicted molar refractivity (Wildman–Crippen MR) is 104 cm³/mol. The highest BCUT2D eigenvalue weighted by atomic mass is 35.5. The van der Waals surface area contributed by atoms with Crippen LogP contribution in [0.3, 0.4) is 0 Å². The second kappa shape index (κ2) is 6.79. The van der Waals surface area contributed by atoms with E-state index in [0.717, 1.165) is 17.1 Å². The molecule has 0 aliphatic carbocycles. The highest BCUT2D eigenvalue weighted by Crippen LogP contribution is 2.43. The number of amidine groups is 1. The fourth-order valence-corrected chi connectivity index (χ4v) is 3.34. The summed E-state index contributed by atoms with van der Waals surface area (Å²) in [6.07, 6.45) is 0. The average Bonchev–Trinajstić information content (AvgIpc) is 2.60. The van der Waals surface area contributed by atoms with Crippen LogP contribution in [0.2, 0.25) is 5.02 Å². The maximum atomic E-state index is 11.9. The first-order valence-electron chi connectivity index (χ1n) is 8.41. The molecule has 0 bridgehead atoms. The van der Waals surface area contributed by atoms with Gasteiger partial charge in [-0.2, -0.15) is 0 Å². The Balaban J connectivity index is 2.20. The molecule has 25 heavy (non-hydrogen) atoms. The summed E-state index contributed by atoms with van der Waals surface area (Å²) < 4.78 is 0. The summed E-state index contributed by atoms with van der Waals surface area (Å²) in [7, 11) is 4.07. The highest BCUT2D eigenvalue weighted by Gasteiger charge is 2.44. The molecule has 3 rings (SSSR count). The number of benzene rings is 2. The van der Waals surface area contributed by atoms with Gasteiger partial charge in [0.05, 0.1) is 5.69 Å². The van der Waals surface area contributed by atoms with Gasteiger partial charge in [0.25, 0.3) is 0 Å². The van der Waals surface area contributed by atoms with Gasteiger partial charge in [-0.1, -0.05) is 41.9 Å². The van der Waals surface area contributed by atoms with Gasteiger partial charge in [0.2, 0.25) is 0 Å². The summed E-state index contributed by atoms with van der Waals surface area (Å²) in [5, 5.41) is 12.5. The van der Waals surface area contributed by atoms with Crippen LogP contribution in [0.5, 0.6) is 0 Å². The van der Waals surface area contributed by atoms with E-state index in [9.17, 15) is 5.11 Å². The molecule has 4 nitrogen and oxygen atoms in total. The Kier molecular flexibility index (Phi) is 4.87. The molecule has 0 radical (unpaired) electrons. The second-order valence-electron chi connectivity index (χ2n) is 6.78. The van der Waals surface area contributed by atoms with Crippen LogP contribution in [0.4, 0.5) is 5.69 Å². The summed E-state index contributed by atoms with van der Waals surface area (Å²) in [6, 6.07) is 15.4. The lowest BCUT2D eigenvalue weighted by Crippen LogP contribution is -2.55. The van der Waals surface area contributed by atoms with Gasteiger partial charge in [0, 0.05) is 28.7 Å². The third-order valence-electron chi connectivity index (χ3n) is 4.90. The largest absolute Gasteiger partial charge is 0.363 e. The number of nitrogens with zero attached hydrogens (tertiary/aromatic N) is 3. The van der Waals surface area contributed by atoms with E-state index in [0.29, 0.717) is 17.1 Å². The fourth-order valence-electron chi connectivity index (χ4n) is 3.17. The lowest BCUT2D eigenvalue weighted by Gasteiger charge is -2.46. The van der Waals surface area contributed by atoms with Crippen molar-refractivity contribution in [3.63, 3.8) is 0 Å². The van der Waals surface area contributed by atoms with Gasteiger partial charge >= 0.3 is 0 Å². The van der Waals surface area contributed by atoms with Crippen molar-refractivity contribution in [2.75, 3.05) is 20.6 Å². The first-order chi connectivity index (χ1) is 11.8. The Morgan fingerprint density at radius 2 is 1.88 bits per heavy atom. The molecule has 2 aromatic carbocycles. The molecule has 0 amide bonds. The molecule has 0 fully saturated rings. The number of aliphatic imine (C=N–C) groups is 1. The molecule has 0 saturated carbocycles. The van der Waals surface area contributed by atoms with E-state index >= 15 is 0 Å². The second-order valence-corrected chi connectivity index (χ2v) is 7.22. The Morgan fingerprint density at radius 1 is 1.20 bits per heavy atom. The van der Waals surface area contributed by atoms with Gasteiger partial charge in [-0.3, -0.25) is 0 Å². The van der Waals surface area contributed by atoms with E-state index in [1.807, 2.05) is 68.4 Å². The Hall–Kier alpha value is -1.88. The number of rotatable bonds is 4. The zero-order valence-electron chi connectivity index (χ0n) is 15.1. The molecule has 1 N–H and O–H groups in total. The molecule has 2 atom stereocenters. The molecule has 132 valence electrons. The SMILES string of the molecule is CC1=Nc2ccc(Cl)cc2C(O)(c2ccccc2)N1CC(C)N(C)C. The number of halogens is 1. The normalized spacial score (nSPS) is 21.1. The average molecular weight is 358 g/mol. The highest BCUT2D eigenvalue weighted by molar-refractivity contribution is 6.30. The van der Waals surface area contributed by atoms with E-state index < -0.39 is 5.72 Å². The van der Waals surface area contributed by atoms with Crippen molar-refractivity contribution in [1.29, 1.82) is 0 Å². The standard InChI is InChI=1S/C20H24ClN3O/c1-14(23(3)4)13-24-15(2)22-19-11-10-17(21)12-18(19)20(24,25)16-8-6-5-7-9-16/h5-12,14,25H,13H2,1-4H3. The van der Waals surface area contributed by atoms with E-state index in [1.165, 1.54) is 0 Å². The first-order valence-corrected chi connectivity index (χ1v) is 8.79. The van der Waals surface area contributed by atoms with Gasteiger partial charge in [-0.05, 0) is 46.1 Å². The number of hydrogen-bond donors (Lipinski definition) is 1. The van der Waals surface area contributed by atoms with E-state index in [4.69, 9.17) is 16.6 Å². The van der Waals surface area contributed by atoms with E-state index in [1.54, 1.807) is 6.07 Å². The zero-order chi connectivity index (χ0) is 18.2. The van der Waals surface area contributed by atoms with Crippen LogP contribution in [0.25, 0.3) is 0 Å². The molecular weight excluding hydrogens is 334 g/mol. The molecular formula is C20H24ClN3O. The topological polar surface area (TPSA) is 39.1 Å². The third kappa shape index (κ3) is 3.17. The number of likely N-dealkylation sites (N-methyl/N-ethyl adjacent to an activating group) is 1. The van der Waals surface area contributed by atoms with Gasteiger partial charge in [-0.15, -0.1) is 0 Å². The van der Waals surface area contributed by atoms with Crippen molar-refractivity contribution in [1.82, 2.24) is 9.80 Å². The minimum absolute atomic E-state index is 0.237. The van der Waals surface area contributed by atoms with E-state index in [-0.39, 0.29) is 6.04 Å². The molecule has 5 heteroatoms. The summed E-state index contributed by atoms with van der Waals surface area (Å²) in [5.41, 5.74) is 0.959. The minimum Gasteiger partial charge on any atom is -0.363 e. The predicted octanol–water partition coefficient (Wildman–Crippen LogP) is 3.85. The molecule has 2 aromatic rings. The third-order valence-corrected chi connectivity index (χ3v) is 5.14. The van der Waals surface area contributed by atoms with Crippen molar-refractivity contribution in [3.8, 4) is 0 Å². The summed E-state index contributed by atoms with van der Waals surface area (Å²) in [4.78, 5) is 8.80. The van der Waals surface area contributed by atoms with Crippen molar-refractivity contribution >= 4 is 23.1 Å². The van der Waals surface area contributed by atoms with E-state index in [2.05, 4.69) is 11.8 Å². The zero-order valence-corrected chi connectivity index (χ0v) is 15.8. The molecule has 2 unspecified atom stereocenters. The quantitative estimate of drug-likeness (QED) is 0.903. The van der Waals surface area contributed by atoms with Gasteiger partial charge < -0.3 is 14.9 Å². The number of fused-ring (bicyclic) bond motifs is 1. The van der Waals surface area contributed by atoms with Crippen molar-refractivity contribution in [3.05, 3.63) is 64.7 Å². The molecule has 1 aliphatic rings. The van der Waals surface area contributed by atoms with Crippen LogP contribution in [-0.2, 0) is 5.72 Å². The van der Waals surface area contributed by atoms with Crippen LogP contribution in [0.15, 0.2) is 53.5 Å². The fraction of sp³-hybridized carbons (Fsp3) is 0.350. The lowest BCUT2D eigenvalue weighted by molar-refractivity contribution is -0.0475. The first kappa shape index (κ1) is 17.9. The Morgan fingerprint density at radius 3 is 2.52 bits per heavy atom. The van der Waals surface area contributed by atoms with Crippen LogP contribution < -0.4 is 0 Å². The van der Waals surface area contributed by atoms with Crippen molar-refractivity contribution < 1.29 is 5.11 Å². The monoisotopic (exact) mass is 357 g/mol. The van der Waals surface area contributed by atoms with Crippen LogP contribution in [0, 0.1) is 0 Å². The van der Waals surface area contributed by atoms with Crippen molar-refractivity contribution in [2.24, 2.45) is 4.99 Å². The van der Waals surface area contributed by atoms with Gasteiger partial charge in [0.15, 0.2) is 5.72 Å². The van der Waals surface area contributed by atoms with Gasteiger partial charge in [-0.25, -0.2) is 4.99 Å². The molecule has 1 heterocycles. The number of aliphatic hydroxyl groups is 1. The Bertz CT molecular complexity index is 791. The minimum atomic E-state index is -1.31. The maximum Gasteiger partial charge on any atom is 0.194 e. The van der Waals surface area contributed by atoms with Crippen LogP contribution in [-0.4, -0.2) is 47.4 Å². The van der Waals surface area contributed by atoms with Crippen LogP contribution in [0.1, 0.15) is 25.0 Å². The van der Waals surface area contributed by atoms with Gasteiger partial charge in [0.1, 0.15) is 5.84 Å². The van der Waals surface area contributed by atoms with Crippen molar-refractivity contribution in [2.45, 2.75) is 25.6 Å². The molecule has 0 spiro atoms. The summed E-state index contributed by atoms with van der Waals surface area (Å²) in [6.45, 7) is 4.71. The van der Waals surface area contributed by atoms with Crippen LogP contribution >= 0.6 is 11.6 Å².